The third-order valence-corrected chi connectivity index (χ3v) is 6.50. The van der Waals surface area contributed by atoms with E-state index in [0.717, 1.165) is 32.1 Å². The number of hydrogen-bond donors (Lipinski definition) is 5. The van der Waals surface area contributed by atoms with Crippen molar-refractivity contribution in [3.05, 3.63) is 67.1 Å². The Morgan fingerprint density at radius 2 is 1.95 bits per heavy atom. The second-order valence-corrected chi connectivity index (χ2v) is 9.12. The Bertz CT molecular complexity index is 1180. The number of hydrogen-bond acceptors (Lipinski definition) is 5. The molecule has 2 aromatic heterocycles. The first kappa shape index (κ1) is 27.5. The van der Waals surface area contributed by atoms with Crippen LogP contribution in [0.5, 0.6) is 0 Å². The number of H-pyrrole nitrogens is 1. The zero-order valence-corrected chi connectivity index (χ0v) is 21.3. The molecule has 1 saturated carbocycles. The summed E-state index contributed by atoms with van der Waals surface area (Å²) in [6.45, 7) is 11.0. The summed E-state index contributed by atoms with van der Waals surface area (Å²) in [5.74, 6) is -1.59. The number of halogens is 1. The van der Waals surface area contributed by atoms with Gasteiger partial charge in [0, 0.05) is 29.6 Å². The Morgan fingerprint density at radius 3 is 2.51 bits per heavy atom. The molecule has 1 atom stereocenters. The lowest BCUT2D eigenvalue weighted by atomic mass is 9.83. The predicted molar refractivity (Wildman–Crippen MR) is 142 cm³/mol. The van der Waals surface area contributed by atoms with Gasteiger partial charge in [-0.3, -0.25) is 19.7 Å². The third kappa shape index (κ3) is 6.78. The van der Waals surface area contributed by atoms with Crippen LogP contribution in [0, 0.1) is 25.6 Å². The van der Waals surface area contributed by atoms with Crippen LogP contribution in [0.1, 0.15) is 43.5 Å². The molecule has 2 amide bonds. The molecule has 37 heavy (non-hydrogen) atoms. The zero-order valence-electron chi connectivity index (χ0n) is 21.3. The highest BCUT2D eigenvalue weighted by molar-refractivity contribution is 6.41. The fraction of sp³-hybridized carbons (Fsp3) is 0.370. The minimum atomic E-state index is -0.831. The number of aryl methyl sites for hydroxylation is 2. The largest absolute Gasteiger partial charge is 0.404 e. The monoisotopic (exact) mass is 508 g/mol. The molecule has 6 N–H and O–H groups in total. The number of carbonyl (C=O) groups excluding carboxylic acids is 2. The Balaban J connectivity index is 1.84. The number of amides is 2. The van der Waals surface area contributed by atoms with Gasteiger partial charge in [0.1, 0.15) is 11.7 Å². The SMILES string of the molecule is C=CC(C=C)[NH+]=C(/C=C\N)C(=O)N[C@H](C(=O)Nc1cnc(-c2c(C)n[nH]c2C)c(F)c1)C1CCCCC1. The molecule has 1 aliphatic carbocycles. The van der Waals surface area contributed by atoms with Crippen LogP contribution < -0.4 is 21.4 Å². The number of nitrogens with zero attached hydrogens (tertiary/aromatic N) is 2. The number of aromatic nitrogens is 3. The maximum atomic E-state index is 15.0. The average molecular weight is 509 g/mol. The quantitative estimate of drug-likeness (QED) is 0.247. The normalized spacial score (nSPS) is 15.5. The van der Waals surface area contributed by atoms with Crippen molar-refractivity contribution < 1.29 is 19.0 Å². The average Bonchev–Trinajstić information content (AvgIpc) is 3.23. The number of pyridine rings is 1. The van der Waals surface area contributed by atoms with Crippen LogP contribution in [0.3, 0.4) is 0 Å². The van der Waals surface area contributed by atoms with Crippen molar-refractivity contribution in [2.75, 3.05) is 5.32 Å². The fourth-order valence-electron chi connectivity index (χ4n) is 4.57. The van der Waals surface area contributed by atoms with Crippen LogP contribution in [0.25, 0.3) is 11.3 Å². The van der Waals surface area contributed by atoms with E-state index in [1.165, 1.54) is 24.5 Å². The summed E-state index contributed by atoms with van der Waals surface area (Å²) in [5.41, 5.74) is 7.97. The van der Waals surface area contributed by atoms with Crippen LogP contribution in [0.15, 0.2) is 49.8 Å². The molecule has 2 aromatic rings. The van der Waals surface area contributed by atoms with E-state index < -0.39 is 23.7 Å². The summed E-state index contributed by atoms with van der Waals surface area (Å²) in [5, 5.41) is 12.5. The zero-order chi connectivity index (χ0) is 26.9. The Hall–Kier alpha value is -4.08. The summed E-state index contributed by atoms with van der Waals surface area (Å²) in [6, 6.07) is 0.0257. The van der Waals surface area contributed by atoms with E-state index in [0.29, 0.717) is 17.0 Å². The predicted octanol–water partition coefficient (Wildman–Crippen LogP) is 1.97. The number of nitrogens with two attached hydrogens (primary N) is 1. The van der Waals surface area contributed by atoms with Gasteiger partial charge in [0.2, 0.25) is 5.91 Å². The second kappa shape index (κ2) is 12.8. The Morgan fingerprint density at radius 1 is 1.24 bits per heavy atom. The molecule has 3 rings (SSSR count). The molecule has 0 unspecified atom stereocenters. The maximum Gasteiger partial charge on any atom is 0.316 e. The van der Waals surface area contributed by atoms with Crippen molar-refractivity contribution in [2.45, 2.75) is 58.0 Å². The van der Waals surface area contributed by atoms with E-state index in [1.54, 1.807) is 26.0 Å². The molecule has 1 aliphatic rings. The summed E-state index contributed by atoms with van der Waals surface area (Å²) < 4.78 is 15.0. The Labute approximate surface area is 216 Å². The molecule has 10 heteroatoms. The van der Waals surface area contributed by atoms with E-state index >= 15 is 0 Å². The molecule has 0 saturated heterocycles. The highest BCUT2D eigenvalue weighted by Gasteiger charge is 2.33. The lowest BCUT2D eigenvalue weighted by molar-refractivity contribution is -0.473. The van der Waals surface area contributed by atoms with Crippen molar-refractivity contribution >= 4 is 23.2 Å². The van der Waals surface area contributed by atoms with E-state index in [-0.39, 0.29) is 29.1 Å². The van der Waals surface area contributed by atoms with Gasteiger partial charge in [-0.1, -0.05) is 32.4 Å². The molecular formula is C27H35FN7O2+. The van der Waals surface area contributed by atoms with E-state index in [4.69, 9.17) is 5.73 Å². The lowest BCUT2D eigenvalue weighted by Crippen LogP contribution is -2.80. The maximum absolute atomic E-state index is 15.0. The molecule has 1 fully saturated rings. The smallest absolute Gasteiger partial charge is 0.316 e. The number of anilines is 1. The molecule has 0 aliphatic heterocycles. The molecule has 0 bridgehead atoms. The van der Waals surface area contributed by atoms with Crippen LogP contribution >= 0.6 is 0 Å². The van der Waals surface area contributed by atoms with E-state index in [1.807, 2.05) is 0 Å². The number of rotatable bonds is 10. The van der Waals surface area contributed by atoms with Gasteiger partial charge in [-0.2, -0.15) is 5.10 Å². The summed E-state index contributed by atoms with van der Waals surface area (Å²) in [7, 11) is 0. The van der Waals surface area contributed by atoms with Crippen molar-refractivity contribution in [3.63, 3.8) is 0 Å². The molecule has 196 valence electrons. The lowest BCUT2D eigenvalue weighted by Gasteiger charge is -2.29. The first-order valence-electron chi connectivity index (χ1n) is 12.3. The third-order valence-electron chi connectivity index (χ3n) is 6.50. The van der Waals surface area contributed by atoms with Gasteiger partial charge in [-0.15, -0.1) is 0 Å². The van der Waals surface area contributed by atoms with Gasteiger partial charge in [-0.05, 0) is 44.8 Å². The molecule has 0 spiro atoms. The van der Waals surface area contributed by atoms with Crippen LogP contribution in [-0.2, 0) is 9.59 Å². The van der Waals surface area contributed by atoms with Gasteiger partial charge in [-0.25, -0.2) is 9.38 Å². The number of carbonyl (C=O) groups is 2. The van der Waals surface area contributed by atoms with Gasteiger partial charge in [0.25, 0.3) is 5.71 Å². The molecule has 2 heterocycles. The highest BCUT2D eigenvalue weighted by Crippen LogP contribution is 2.29. The van der Waals surface area contributed by atoms with E-state index in [2.05, 4.69) is 44.0 Å². The Kier molecular flexibility index (Phi) is 9.48. The van der Waals surface area contributed by atoms with Gasteiger partial charge >= 0.3 is 5.91 Å². The molecule has 0 aromatic carbocycles. The fourth-order valence-corrected chi connectivity index (χ4v) is 4.57. The topological polar surface area (TPSA) is 140 Å². The van der Waals surface area contributed by atoms with Crippen molar-refractivity contribution in [3.8, 4) is 11.3 Å². The molecule has 9 nitrogen and oxygen atoms in total. The van der Waals surface area contributed by atoms with Crippen LogP contribution in [0.2, 0.25) is 0 Å². The highest BCUT2D eigenvalue weighted by atomic mass is 19.1. The summed E-state index contributed by atoms with van der Waals surface area (Å²) in [6.07, 6.45) is 11.8. The summed E-state index contributed by atoms with van der Waals surface area (Å²) >= 11 is 0. The summed E-state index contributed by atoms with van der Waals surface area (Å²) in [4.78, 5) is 33.8. The van der Waals surface area contributed by atoms with Crippen molar-refractivity contribution in [1.82, 2.24) is 20.5 Å². The van der Waals surface area contributed by atoms with Gasteiger partial charge in [0.05, 0.1) is 17.6 Å². The van der Waals surface area contributed by atoms with Crippen LogP contribution in [0.4, 0.5) is 10.1 Å². The second-order valence-electron chi connectivity index (χ2n) is 9.12. The van der Waals surface area contributed by atoms with Crippen LogP contribution in [-0.4, -0.2) is 44.8 Å². The number of aromatic amines is 1. The number of nitrogens with one attached hydrogen (secondary N) is 4. The molecular weight excluding hydrogens is 473 g/mol. The minimum absolute atomic E-state index is 0.0660. The first-order chi connectivity index (χ1) is 17.8. The van der Waals surface area contributed by atoms with Crippen molar-refractivity contribution in [2.24, 2.45) is 11.7 Å². The van der Waals surface area contributed by atoms with E-state index in [9.17, 15) is 14.0 Å². The minimum Gasteiger partial charge on any atom is -0.404 e. The van der Waals surface area contributed by atoms with Gasteiger partial charge < -0.3 is 16.4 Å². The van der Waals surface area contributed by atoms with Gasteiger partial charge in [0.15, 0.2) is 11.9 Å². The molecule has 0 radical (unpaired) electrons. The standard InChI is InChI=1S/C27H34FN7O2/c1-5-19(6-2)31-22(12-13-29)26(36)33-24(18-10-8-7-9-11-18)27(37)32-20-14-21(28)25(30-15-20)23-16(3)34-35-17(23)4/h5-6,12-15,18-19,24H,1-2,7-11,29H2,3-4H3,(H,32,37)(H,33,36)(H,34,35)/p+1/b13-12-,31-22?/t24-/m0/s1. The first-order valence-corrected chi connectivity index (χ1v) is 12.3. The van der Waals surface area contributed by atoms with Crippen molar-refractivity contribution in [1.29, 1.82) is 0 Å².